The fraction of sp³-hybridized carbons (Fsp3) is 0.250. The average Bonchev–Trinajstić information content (AvgIpc) is 3.36. The van der Waals surface area contributed by atoms with Gasteiger partial charge in [0.1, 0.15) is 5.65 Å². The molecule has 1 aliphatic rings. The van der Waals surface area contributed by atoms with E-state index in [1.54, 1.807) is 0 Å². The van der Waals surface area contributed by atoms with Crippen LogP contribution < -0.4 is 5.32 Å². The number of aromatic amines is 1. The average molecular weight is 483 g/mol. The van der Waals surface area contributed by atoms with Crippen LogP contribution in [0.3, 0.4) is 0 Å². The monoisotopic (exact) mass is 482 g/mol. The molecule has 0 bridgehead atoms. The quantitative estimate of drug-likeness (QED) is 0.311. The number of fused-ring (bicyclic) bond motifs is 2. The van der Waals surface area contributed by atoms with Gasteiger partial charge in [-0.05, 0) is 72.9 Å². The molecule has 0 radical (unpaired) electrons. The van der Waals surface area contributed by atoms with E-state index >= 15 is 0 Å². The zero-order valence-corrected chi connectivity index (χ0v) is 20.4. The summed E-state index contributed by atoms with van der Waals surface area (Å²) in [5, 5.41) is 6.57. The number of aromatic nitrogens is 4. The van der Waals surface area contributed by atoms with E-state index in [0.29, 0.717) is 6.04 Å². The van der Waals surface area contributed by atoms with Crippen molar-refractivity contribution in [3.05, 3.63) is 83.3 Å². The molecule has 3 aromatic heterocycles. The van der Waals surface area contributed by atoms with Crippen molar-refractivity contribution < 1.29 is 0 Å². The van der Waals surface area contributed by atoms with Crippen LogP contribution in [0.1, 0.15) is 24.1 Å². The number of aryl methyl sites for hydroxylation is 1. The number of benzene rings is 2. The van der Waals surface area contributed by atoms with Crippen molar-refractivity contribution in [2.75, 3.05) is 18.4 Å². The maximum Gasteiger partial charge on any atom is 0.223 e. The molecule has 176 valence electrons. The van der Waals surface area contributed by atoms with Crippen LogP contribution in [0.15, 0.2) is 67.0 Å². The van der Waals surface area contributed by atoms with Crippen molar-refractivity contribution in [1.29, 1.82) is 0 Å². The summed E-state index contributed by atoms with van der Waals surface area (Å²) in [6.45, 7) is 5.13. The second-order valence-corrected chi connectivity index (χ2v) is 9.72. The highest BCUT2D eigenvalue weighted by molar-refractivity contribution is 6.30. The van der Waals surface area contributed by atoms with Gasteiger partial charge in [-0.1, -0.05) is 29.8 Å². The third kappa shape index (κ3) is 4.59. The van der Waals surface area contributed by atoms with Crippen LogP contribution in [-0.4, -0.2) is 44.0 Å². The standard InChI is InChI=1S/C28H27ClN6/c1-18-25-16-20(23-8-12-30-27-24(23)9-13-31-27)4-7-26(25)34-28(32-18)33-22-10-14-35(15-11-22)17-19-2-5-21(29)6-3-19/h2-9,12-13,16,22H,10-11,14-15,17H2,1H3,(H,30,31)(H,32,33,34). The Morgan fingerprint density at radius 2 is 1.83 bits per heavy atom. The Hall–Kier alpha value is -3.48. The first-order valence-corrected chi connectivity index (χ1v) is 12.4. The topological polar surface area (TPSA) is 69.7 Å². The Bertz CT molecular complexity index is 1490. The molecule has 4 heterocycles. The number of nitrogens with one attached hydrogen (secondary N) is 2. The van der Waals surface area contributed by atoms with E-state index < -0.39 is 0 Å². The summed E-state index contributed by atoms with van der Waals surface area (Å²) < 4.78 is 0. The summed E-state index contributed by atoms with van der Waals surface area (Å²) in [5.74, 6) is 0.718. The van der Waals surface area contributed by atoms with Crippen LogP contribution in [0.2, 0.25) is 5.02 Å². The van der Waals surface area contributed by atoms with Gasteiger partial charge in [0.2, 0.25) is 5.95 Å². The van der Waals surface area contributed by atoms with E-state index in [1.165, 1.54) is 5.56 Å². The highest BCUT2D eigenvalue weighted by Gasteiger charge is 2.20. The minimum absolute atomic E-state index is 0.381. The van der Waals surface area contributed by atoms with Gasteiger partial charge in [-0.2, -0.15) is 0 Å². The predicted molar refractivity (Wildman–Crippen MR) is 143 cm³/mol. The van der Waals surface area contributed by atoms with E-state index in [0.717, 1.165) is 82.2 Å². The summed E-state index contributed by atoms with van der Waals surface area (Å²) in [6.07, 6.45) is 5.91. The van der Waals surface area contributed by atoms with E-state index in [-0.39, 0.29) is 0 Å². The maximum atomic E-state index is 6.01. The molecule has 0 amide bonds. The fourth-order valence-corrected chi connectivity index (χ4v) is 5.12. The van der Waals surface area contributed by atoms with Crippen LogP contribution >= 0.6 is 11.6 Å². The van der Waals surface area contributed by atoms with Gasteiger partial charge in [0.05, 0.1) is 11.2 Å². The zero-order valence-electron chi connectivity index (χ0n) is 19.6. The molecule has 0 unspecified atom stereocenters. The lowest BCUT2D eigenvalue weighted by atomic mass is 10.0. The smallest absolute Gasteiger partial charge is 0.223 e. The second kappa shape index (κ2) is 9.29. The fourth-order valence-electron chi connectivity index (χ4n) is 4.99. The number of rotatable bonds is 5. The normalized spacial score (nSPS) is 15.1. The molecule has 0 atom stereocenters. The van der Waals surface area contributed by atoms with E-state index in [2.05, 4.69) is 69.6 Å². The summed E-state index contributed by atoms with van der Waals surface area (Å²) in [6, 6.07) is 19.1. The number of hydrogen-bond donors (Lipinski definition) is 2. The Labute approximate surface area is 209 Å². The molecule has 6 nitrogen and oxygen atoms in total. The maximum absolute atomic E-state index is 6.01. The molecular formula is C28H27ClN6. The van der Waals surface area contributed by atoms with Crippen molar-refractivity contribution in [3.63, 3.8) is 0 Å². The first kappa shape index (κ1) is 22.0. The first-order valence-electron chi connectivity index (χ1n) is 12.1. The molecule has 1 fully saturated rings. The zero-order chi connectivity index (χ0) is 23.8. The minimum atomic E-state index is 0.381. The number of H-pyrrole nitrogens is 1. The van der Waals surface area contributed by atoms with Gasteiger partial charge in [-0.15, -0.1) is 0 Å². The van der Waals surface area contributed by atoms with Gasteiger partial charge >= 0.3 is 0 Å². The summed E-state index contributed by atoms with van der Waals surface area (Å²) in [4.78, 5) is 19.7. The van der Waals surface area contributed by atoms with Gasteiger partial charge in [0.15, 0.2) is 0 Å². The van der Waals surface area contributed by atoms with E-state index in [9.17, 15) is 0 Å². The largest absolute Gasteiger partial charge is 0.351 e. The molecule has 5 aromatic rings. The molecule has 2 aromatic carbocycles. The first-order chi connectivity index (χ1) is 17.1. The van der Waals surface area contributed by atoms with Crippen molar-refractivity contribution in [2.45, 2.75) is 32.4 Å². The molecule has 0 spiro atoms. The predicted octanol–water partition coefficient (Wildman–Crippen LogP) is 6.21. The lowest BCUT2D eigenvalue weighted by Crippen LogP contribution is -2.39. The third-order valence-electron chi connectivity index (χ3n) is 6.90. The summed E-state index contributed by atoms with van der Waals surface area (Å²) in [5.41, 5.74) is 6.45. The molecule has 7 heteroatoms. The van der Waals surface area contributed by atoms with E-state index in [1.807, 2.05) is 24.5 Å². The van der Waals surface area contributed by atoms with Crippen LogP contribution in [-0.2, 0) is 6.54 Å². The van der Waals surface area contributed by atoms with Crippen LogP contribution in [0, 0.1) is 6.92 Å². The molecule has 35 heavy (non-hydrogen) atoms. The highest BCUT2D eigenvalue weighted by Crippen LogP contribution is 2.30. The molecule has 0 aliphatic carbocycles. The number of nitrogens with zero attached hydrogens (tertiary/aromatic N) is 4. The molecule has 2 N–H and O–H groups in total. The van der Waals surface area contributed by atoms with Gasteiger partial charge < -0.3 is 10.3 Å². The van der Waals surface area contributed by atoms with Crippen LogP contribution in [0.5, 0.6) is 0 Å². The lowest BCUT2D eigenvalue weighted by Gasteiger charge is -2.32. The van der Waals surface area contributed by atoms with Crippen molar-refractivity contribution in [3.8, 4) is 11.1 Å². The molecule has 1 saturated heterocycles. The van der Waals surface area contributed by atoms with Crippen molar-refractivity contribution in [2.24, 2.45) is 0 Å². The van der Waals surface area contributed by atoms with Gasteiger partial charge in [-0.25, -0.2) is 15.0 Å². The minimum Gasteiger partial charge on any atom is -0.351 e. The van der Waals surface area contributed by atoms with Crippen LogP contribution in [0.25, 0.3) is 33.1 Å². The van der Waals surface area contributed by atoms with Gasteiger partial charge in [0.25, 0.3) is 0 Å². The Morgan fingerprint density at radius 3 is 2.66 bits per heavy atom. The third-order valence-corrected chi connectivity index (χ3v) is 7.15. The van der Waals surface area contributed by atoms with Gasteiger partial charge in [0, 0.05) is 53.9 Å². The molecule has 0 saturated carbocycles. The van der Waals surface area contributed by atoms with Gasteiger partial charge in [-0.3, -0.25) is 4.90 Å². The number of piperidine rings is 1. The Balaban J connectivity index is 1.16. The highest BCUT2D eigenvalue weighted by atomic mass is 35.5. The molecular weight excluding hydrogens is 456 g/mol. The number of anilines is 1. The summed E-state index contributed by atoms with van der Waals surface area (Å²) in [7, 11) is 0. The number of pyridine rings is 1. The lowest BCUT2D eigenvalue weighted by molar-refractivity contribution is 0.211. The number of hydrogen-bond acceptors (Lipinski definition) is 5. The van der Waals surface area contributed by atoms with Crippen LogP contribution in [0.4, 0.5) is 5.95 Å². The summed E-state index contributed by atoms with van der Waals surface area (Å²) >= 11 is 6.01. The Morgan fingerprint density at radius 1 is 1.00 bits per heavy atom. The van der Waals surface area contributed by atoms with Crippen molar-refractivity contribution in [1.82, 2.24) is 24.8 Å². The number of halogens is 1. The SMILES string of the molecule is Cc1nc(NC2CCN(Cc3ccc(Cl)cc3)CC2)nc2ccc(-c3ccnc4[nH]ccc34)cc12. The Kier molecular flexibility index (Phi) is 5.84. The van der Waals surface area contributed by atoms with E-state index in [4.69, 9.17) is 21.6 Å². The van der Waals surface area contributed by atoms with Crippen molar-refractivity contribution >= 4 is 39.5 Å². The second-order valence-electron chi connectivity index (χ2n) is 9.28. The number of likely N-dealkylation sites (tertiary alicyclic amines) is 1. The molecule has 6 rings (SSSR count). The molecule has 1 aliphatic heterocycles.